The first-order valence-corrected chi connectivity index (χ1v) is 7.30. The van der Waals surface area contributed by atoms with Gasteiger partial charge in [0.25, 0.3) is 0 Å². The third kappa shape index (κ3) is 109. The van der Waals surface area contributed by atoms with Crippen molar-refractivity contribution < 1.29 is 17.4 Å². The van der Waals surface area contributed by atoms with Gasteiger partial charge >= 0.3 is 41.8 Å². The summed E-state index contributed by atoms with van der Waals surface area (Å²) in [6.07, 6.45) is 0. The standard InChI is InChI=1S/C2H6O.3ClH.V/c1-2-3;;;;/h3H,2H2,1H3;3*1H;/q;;;;+3/p-3. The number of rotatable bonds is 0. The van der Waals surface area contributed by atoms with E-state index in [4.69, 9.17) is 34.7 Å². The monoisotopic (exact) mass is 202 g/mol. The van der Waals surface area contributed by atoms with Gasteiger partial charge in [0, 0.05) is 6.61 Å². The number of aliphatic hydroxyl groups is 1. The zero-order valence-electron chi connectivity index (χ0n) is 3.74. The second kappa shape index (κ2) is 10.4. The quantitative estimate of drug-likeness (QED) is 0.639. The summed E-state index contributed by atoms with van der Waals surface area (Å²) in [4.78, 5) is 0. The molecule has 0 atom stereocenters. The summed E-state index contributed by atoms with van der Waals surface area (Å²) in [6.45, 7) is 1.93. The molecule has 0 saturated carbocycles. The van der Waals surface area contributed by atoms with Crippen LogP contribution < -0.4 is 0 Å². The number of halogens is 3. The second-order valence-electron chi connectivity index (χ2n) is 0.508. The molecule has 5 heteroatoms. The van der Waals surface area contributed by atoms with Crippen LogP contribution in [-0.4, -0.2) is 11.7 Å². The molecule has 0 unspecified atom stereocenters. The molecule has 0 radical (unpaired) electrons. The van der Waals surface area contributed by atoms with Crippen molar-refractivity contribution in [3.8, 4) is 0 Å². The van der Waals surface area contributed by atoms with Crippen molar-refractivity contribution in [2.24, 2.45) is 0 Å². The fourth-order valence-electron chi connectivity index (χ4n) is 0. The molecule has 0 aliphatic rings. The van der Waals surface area contributed by atoms with Gasteiger partial charge in [0.1, 0.15) is 0 Å². The molecule has 46 valence electrons. The SMILES string of the molecule is CCO.[Cl][V]([Cl])[Cl]. The Kier molecular flexibility index (Phi) is 16.7. The first-order valence-electron chi connectivity index (χ1n) is 1.53. The predicted molar refractivity (Wildman–Crippen MR) is 30.3 cm³/mol. The average molecular weight is 203 g/mol. The van der Waals surface area contributed by atoms with Gasteiger partial charge in [-0.25, -0.2) is 0 Å². The van der Waals surface area contributed by atoms with Crippen molar-refractivity contribution >= 4 is 29.5 Å². The van der Waals surface area contributed by atoms with Gasteiger partial charge in [0.05, 0.1) is 0 Å². The molecule has 7 heavy (non-hydrogen) atoms. The zero-order valence-corrected chi connectivity index (χ0v) is 7.40. The van der Waals surface area contributed by atoms with Crippen LogP contribution in [0.5, 0.6) is 0 Å². The Bertz CT molecular complexity index is 24.1. The van der Waals surface area contributed by atoms with E-state index in [0.717, 1.165) is 0 Å². The van der Waals surface area contributed by atoms with Crippen molar-refractivity contribution in [1.82, 2.24) is 0 Å². The number of hydrogen-bond acceptors (Lipinski definition) is 1. The van der Waals surface area contributed by atoms with Gasteiger partial charge in [0.2, 0.25) is 0 Å². The molecule has 0 aromatic rings. The van der Waals surface area contributed by atoms with Crippen LogP contribution in [0.2, 0.25) is 0 Å². The molecule has 0 aromatic heterocycles. The van der Waals surface area contributed by atoms with Gasteiger partial charge < -0.3 is 5.11 Å². The van der Waals surface area contributed by atoms with E-state index in [1.807, 2.05) is 0 Å². The molecule has 0 spiro atoms. The van der Waals surface area contributed by atoms with E-state index in [1.54, 1.807) is 6.92 Å². The van der Waals surface area contributed by atoms with Crippen LogP contribution in [0.15, 0.2) is 0 Å². The summed E-state index contributed by atoms with van der Waals surface area (Å²) in [5, 5.41) is 7.57. The summed E-state index contributed by atoms with van der Waals surface area (Å²) >= 11 is -1.77. The Morgan fingerprint density at radius 2 is 1.43 bits per heavy atom. The Balaban J connectivity index is 0. The molecule has 0 fully saturated rings. The average Bonchev–Trinajstić information content (AvgIpc) is 1.33. The van der Waals surface area contributed by atoms with Crippen LogP contribution in [0, 0.1) is 0 Å². The normalized spacial score (nSPS) is 7.71. The molecule has 0 aromatic carbocycles. The predicted octanol–water partition coefficient (Wildman–Crippen LogP) is 2.06. The topological polar surface area (TPSA) is 20.2 Å². The maximum atomic E-state index is 7.57. The van der Waals surface area contributed by atoms with Crippen molar-refractivity contribution in [3.05, 3.63) is 0 Å². The summed E-state index contributed by atoms with van der Waals surface area (Å²) in [7, 11) is 14.9. The Morgan fingerprint density at radius 1 is 1.43 bits per heavy atom. The minimum absolute atomic E-state index is 0.250. The van der Waals surface area contributed by atoms with Gasteiger partial charge in [-0.05, 0) is 6.92 Å². The molecule has 1 nitrogen and oxygen atoms in total. The Labute approximate surface area is 60.4 Å². The van der Waals surface area contributed by atoms with Gasteiger partial charge in [-0.15, -0.1) is 0 Å². The molecule has 0 heterocycles. The fraction of sp³-hybridized carbons (Fsp3) is 1.00. The van der Waals surface area contributed by atoms with E-state index >= 15 is 0 Å². The van der Waals surface area contributed by atoms with Gasteiger partial charge in [-0.3, -0.25) is 0 Å². The third-order valence-corrected chi connectivity index (χ3v) is 0. The fourth-order valence-corrected chi connectivity index (χ4v) is 0. The van der Waals surface area contributed by atoms with E-state index in [1.165, 1.54) is 0 Å². The molecule has 0 amide bonds. The van der Waals surface area contributed by atoms with Crippen LogP contribution in [0.4, 0.5) is 0 Å². The molecular weight excluding hydrogens is 197 g/mol. The zero-order chi connectivity index (χ0) is 6.28. The molecule has 0 aliphatic carbocycles. The van der Waals surface area contributed by atoms with Crippen molar-refractivity contribution in [3.63, 3.8) is 0 Å². The van der Waals surface area contributed by atoms with Crippen molar-refractivity contribution in [2.45, 2.75) is 6.92 Å². The van der Waals surface area contributed by atoms with Gasteiger partial charge in [-0.2, -0.15) is 0 Å². The molecule has 1 N–H and O–H groups in total. The second-order valence-corrected chi connectivity index (χ2v) is 7.43. The summed E-state index contributed by atoms with van der Waals surface area (Å²) in [5.41, 5.74) is 0. The van der Waals surface area contributed by atoms with Crippen LogP contribution >= 0.6 is 29.5 Å². The van der Waals surface area contributed by atoms with E-state index in [9.17, 15) is 0 Å². The molecule has 0 aliphatic heterocycles. The van der Waals surface area contributed by atoms with E-state index in [0.29, 0.717) is 0 Å². The van der Waals surface area contributed by atoms with E-state index in [2.05, 4.69) is 0 Å². The summed E-state index contributed by atoms with van der Waals surface area (Å²) in [5.74, 6) is 0. The number of hydrogen-bond donors (Lipinski definition) is 1. The Hall–Kier alpha value is 1.41. The first-order chi connectivity index (χ1) is 3.15. The van der Waals surface area contributed by atoms with E-state index < -0.39 is 12.3 Å². The van der Waals surface area contributed by atoms with Crippen LogP contribution in [0.1, 0.15) is 6.92 Å². The third-order valence-electron chi connectivity index (χ3n) is 0. The van der Waals surface area contributed by atoms with Crippen LogP contribution in [0.25, 0.3) is 0 Å². The maximum absolute atomic E-state index is 7.57. The molecular formula is C2H6Cl3OV. The van der Waals surface area contributed by atoms with Crippen LogP contribution in [0.3, 0.4) is 0 Å². The van der Waals surface area contributed by atoms with Crippen molar-refractivity contribution in [1.29, 1.82) is 0 Å². The summed E-state index contributed by atoms with van der Waals surface area (Å²) < 4.78 is 0. The van der Waals surface area contributed by atoms with E-state index in [-0.39, 0.29) is 6.61 Å². The first kappa shape index (κ1) is 11.2. The molecule has 0 rings (SSSR count). The Morgan fingerprint density at radius 3 is 1.43 bits per heavy atom. The molecule has 0 saturated heterocycles. The molecule has 0 bridgehead atoms. The number of aliphatic hydroxyl groups excluding tert-OH is 1. The summed E-state index contributed by atoms with van der Waals surface area (Å²) in [6, 6.07) is 0. The van der Waals surface area contributed by atoms with Crippen molar-refractivity contribution in [2.75, 3.05) is 6.61 Å². The van der Waals surface area contributed by atoms with Crippen LogP contribution in [-0.2, 0) is 12.3 Å². The minimum atomic E-state index is -1.77. The van der Waals surface area contributed by atoms with Gasteiger partial charge in [0.15, 0.2) is 0 Å². The van der Waals surface area contributed by atoms with Gasteiger partial charge in [-0.1, -0.05) is 0 Å².